The van der Waals surface area contributed by atoms with E-state index in [2.05, 4.69) is 20.7 Å². The van der Waals surface area contributed by atoms with E-state index in [1.165, 1.54) is 47.0 Å². The highest BCUT2D eigenvalue weighted by atomic mass is 19.1. The van der Waals surface area contributed by atoms with Crippen LogP contribution in [0.2, 0.25) is 0 Å². The predicted molar refractivity (Wildman–Crippen MR) is 153 cm³/mol. The van der Waals surface area contributed by atoms with Crippen LogP contribution in [0.3, 0.4) is 0 Å². The summed E-state index contributed by atoms with van der Waals surface area (Å²) in [5.74, 6) is -2.18. The number of halogens is 1. The van der Waals surface area contributed by atoms with Crippen molar-refractivity contribution in [1.82, 2.24) is 24.6 Å². The number of hydrogen-bond donors (Lipinski definition) is 2. The van der Waals surface area contributed by atoms with Crippen LogP contribution < -0.4 is 16.3 Å². The summed E-state index contributed by atoms with van der Waals surface area (Å²) in [6.45, 7) is 0. The van der Waals surface area contributed by atoms with Crippen molar-refractivity contribution < 1.29 is 14.0 Å². The number of aromatic nitrogens is 4. The fourth-order valence-electron chi connectivity index (χ4n) is 4.71. The molecule has 9 nitrogen and oxygen atoms in total. The smallest absolute Gasteiger partial charge is 0.338 e. The van der Waals surface area contributed by atoms with Crippen molar-refractivity contribution in [1.29, 1.82) is 0 Å². The molecule has 3 aromatic carbocycles. The van der Waals surface area contributed by atoms with Gasteiger partial charge in [-0.15, -0.1) is 0 Å². The van der Waals surface area contributed by atoms with Gasteiger partial charge in [-0.3, -0.25) is 14.3 Å². The maximum atomic E-state index is 15.2. The lowest BCUT2D eigenvalue weighted by atomic mass is 9.84. The van der Waals surface area contributed by atoms with Gasteiger partial charge >= 0.3 is 5.69 Å². The fraction of sp³-hybridized carbons (Fsp3) is 0.129. The first kappa shape index (κ1) is 27.2. The molecule has 0 bridgehead atoms. The lowest BCUT2D eigenvalue weighted by molar-refractivity contribution is -0.118. The van der Waals surface area contributed by atoms with Gasteiger partial charge in [-0.1, -0.05) is 60.7 Å². The summed E-state index contributed by atoms with van der Waals surface area (Å²) < 4.78 is 17.9. The summed E-state index contributed by atoms with van der Waals surface area (Å²) in [6.07, 6.45) is 4.29. The molecule has 2 aromatic heterocycles. The molecule has 0 spiro atoms. The van der Waals surface area contributed by atoms with E-state index >= 15 is 4.39 Å². The molecular weight excluding hydrogens is 523 g/mol. The Hall–Kier alpha value is -5.38. The van der Waals surface area contributed by atoms with Crippen LogP contribution in [0.1, 0.15) is 27.5 Å². The zero-order valence-electron chi connectivity index (χ0n) is 22.4. The van der Waals surface area contributed by atoms with Crippen LogP contribution in [-0.4, -0.2) is 37.2 Å². The molecule has 2 heterocycles. The van der Waals surface area contributed by atoms with Gasteiger partial charge in [0.2, 0.25) is 5.91 Å². The first-order chi connectivity index (χ1) is 19.8. The Morgan fingerprint density at radius 2 is 1.56 bits per heavy atom. The summed E-state index contributed by atoms with van der Waals surface area (Å²) in [5, 5.41) is 9.74. The Morgan fingerprint density at radius 3 is 2.12 bits per heavy atom. The second-order valence-corrected chi connectivity index (χ2v) is 9.51. The van der Waals surface area contributed by atoms with Gasteiger partial charge in [0.1, 0.15) is 17.6 Å². The molecule has 0 saturated heterocycles. The average molecular weight is 551 g/mol. The molecule has 0 fully saturated rings. The molecule has 2 N–H and O–H groups in total. The molecule has 10 heteroatoms. The SMILES string of the molecule is Cn1nccc1C(=O)NC(C(=O)Nc1ccc(-c2cnc(=O)n(C)c2)c(F)c1)C(c1ccccc1)c1ccccc1. The zero-order chi connectivity index (χ0) is 28.9. The number of carbonyl (C=O) groups is 2. The standard InChI is InChI=1S/C31H27FN6O3/c1-37-19-22(18-33-31(37)41)24-14-13-23(17-25(24)32)35-30(40)28(36-29(39)26-15-16-34-38(26)2)27(20-9-5-3-6-10-20)21-11-7-4-8-12-21/h3-19,27-28H,1-2H3,(H,35,40)(H,36,39). The second kappa shape index (κ2) is 11.8. The topological polar surface area (TPSA) is 111 Å². The molecule has 2 amide bonds. The zero-order valence-corrected chi connectivity index (χ0v) is 22.4. The van der Waals surface area contributed by atoms with Gasteiger partial charge in [0.05, 0.1) is 0 Å². The third-order valence-electron chi connectivity index (χ3n) is 6.77. The van der Waals surface area contributed by atoms with Crippen molar-refractivity contribution in [2.75, 3.05) is 5.32 Å². The third kappa shape index (κ3) is 5.96. The van der Waals surface area contributed by atoms with E-state index in [9.17, 15) is 14.4 Å². The van der Waals surface area contributed by atoms with Crippen LogP contribution in [-0.2, 0) is 18.9 Å². The molecule has 5 aromatic rings. The highest BCUT2D eigenvalue weighted by Crippen LogP contribution is 2.30. The van der Waals surface area contributed by atoms with E-state index in [1.54, 1.807) is 19.2 Å². The molecule has 1 atom stereocenters. The molecule has 0 aliphatic heterocycles. The lowest BCUT2D eigenvalue weighted by Crippen LogP contribution is -2.48. The number of hydrogen-bond acceptors (Lipinski definition) is 5. The van der Waals surface area contributed by atoms with Gasteiger partial charge in [-0.25, -0.2) is 14.2 Å². The molecule has 0 aliphatic rings. The molecule has 0 aliphatic carbocycles. The van der Waals surface area contributed by atoms with E-state index in [1.807, 2.05) is 60.7 Å². The maximum Gasteiger partial charge on any atom is 0.347 e. The van der Waals surface area contributed by atoms with Crippen molar-refractivity contribution in [3.63, 3.8) is 0 Å². The summed E-state index contributed by atoms with van der Waals surface area (Å²) in [4.78, 5) is 42.6. The monoisotopic (exact) mass is 550 g/mol. The number of carbonyl (C=O) groups excluding carboxylic acids is 2. The van der Waals surface area contributed by atoms with Crippen molar-refractivity contribution in [3.05, 3.63) is 137 Å². The molecule has 5 rings (SSSR count). The fourth-order valence-corrected chi connectivity index (χ4v) is 4.71. The van der Waals surface area contributed by atoms with Crippen LogP contribution in [0.4, 0.5) is 10.1 Å². The van der Waals surface area contributed by atoms with Crippen molar-refractivity contribution in [3.8, 4) is 11.1 Å². The minimum absolute atomic E-state index is 0.202. The number of amides is 2. The highest BCUT2D eigenvalue weighted by molar-refractivity contribution is 6.01. The highest BCUT2D eigenvalue weighted by Gasteiger charge is 2.33. The molecular formula is C31H27FN6O3. The van der Waals surface area contributed by atoms with Crippen LogP contribution in [0, 0.1) is 5.82 Å². The number of benzene rings is 3. The number of anilines is 1. The van der Waals surface area contributed by atoms with Crippen LogP contribution in [0.25, 0.3) is 11.1 Å². The van der Waals surface area contributed by atoms with Crippen molar-refractivity contribution >= 4 is 17.5 Å². The average Bonchev–Trinajstić information content (AvgIpc) is 3.41. The minimum atomic E-state index is -1.07. The molecule has 0 saturated carbocycles. The minimum Gasteiger partial charge on any atom is -0.338 e. The van der Waals surface area contributed by atoms with Crippen LogP contribution in [0.5, 0.6) is 0 Å². The van der Waals surface area contributed by atoms with E-state index < -0.39 is 35.3 Å². The van der Waals surface area contributed by atoms with E-state index in [0.717, 1.165) is 11.1 Å². The Balaban J connectivity index is 1.51. The van der Waals surface area contributed by atoms with Crippen LogP contribution >= 0.6 is 0 Å². The molecule has 206 valence electrons. The van der Waals surface area contributed by atoms with Gasteiger partial charge < -0.3 is 15.2 Å². The summed E-state index contributed by atoms with van der Waals surface area (Å²) in [6, 6.07) is 23.5. The predicted octanol–water partition coefficient (Wildman–Crippen LogP) is 3.89. The number of nitrogens with zero attached hydrogens (tertiary/aromatic N) is 4. The largest absolute Gasteiger partial charge is 0.347 e. The summed E-state index contributed by atoms with van der Waals surface area (Å²) in [7, 11) is 3.17. The molecule has 0 radical (unpaired) electrons. The number of aryl methyl sites for hydroxylation is 2. The van der Waals surface area contributed by atoms with Gasteiger partial charge in [-0.05, 0) is 35.4 Å². The summed E-state index contributed by atoms with van der Waals surface area (Å²) >= 11 is 0. The Bertz CT molecular complexity index is 1710. The molecule has 41 heavy (non-hydrogen) atoms. The number of rotatable bonds is 8. The number of nitrogens with one attached hydrogen (secondary N) is 2. The van der Waals surface area contributed by atoms with E-state index in [-0.39, 0.29) is 16.9 Å². The quantitative estimate of drug-likeness (QED) is 0.305. The third-order valence-corrected chi connectivity index (χ3v) is 6.77. The van der Waals surface area contributed by atoms with Gasteiger partial charge in [0.25, 0.3) is 5.91 Å². The van der Waals surface area contributed by atoms with Crippen molar-refractivity contribution in [2.24, 2.45) is 14.1 Å². The van der Waals surface area contributed by atoms with Gasteiger partial charge in [-0.2, -0.15) is 5.10 Å². The van der Waals surface area contributed by atoms with Crippen LogP contribution in [0.15, 0.2) is 108 Å². The first-order valence-corrected chi connectivity index (χ1v) is 12.8. The normalized spacial score (nSPS) is 11.7. The Kier molecular flexibility index (Phi) is 7.82. The Morgan fingerprint density at radius 1 is 0.902 bits per heavy atom. The summed E-state index contributed by atoms with van der Waals surface area (Å²) in [5.41, 5.74) is 2.29. The lowest BCUT2D eigenvalue weighted by Gasteiger charge is -2.28. The van der Waals surface area contributed by atoms with Gasteiger partial charge in [0.15, 0.2) is 0 Å². The molecule has 1 unspecified atom stereocenters. The maximum absolute atomic E-state index is 15.2. The second-order valence-electron chi connectivity index (χ2n) is 9.51. The Labute approximate surface area is 235 Å². The van der Waals surface area contributed by atoms with Crippen molar-refractivity contribution in [2.45, 2.75) is 12.0 Å². The van der Waals surface area contributed by atoms with E-state index in [0.29, 0.717) is 5.56 Å². The first-order valence-electron chi connectivity index (χ1n) is 12.8. The van der Waals surface area contributed by atoms with E-state index in [4.69, 9.17) is 0 Å². The van der Waals surface area contributed by atoms with Gasteiger partial charge in [0, 0.05) is 55.4 Å².